The Balaban J connectivity index is 1.40. The lowest BCUT2D eigenvalue weighted by Crippen LogP contribution is -2.39. The maximum atomic E-state index is 12.7. The number of amides is 1. The summed E-state index contributed by atoms with van der Waals surface area (Å²) in [5, 5.41) is 17.1. The van der Waals surface area contributed by atoms with Crippen LogP contribution in [0.25, 0.3) is 11.3 Å². The molecule has 0 bridgehead atoms. The Morgan fingerprint density at radius 1 is 1.15 bits per heavy atom. The summed E-state index contributed by atoms with van der Waals surface area (Å²) in [7, 11) is 0. The number of aromatic nitrogens is 3. The molecular weight excluding hydrogens is 348 g/mol. The van der Waals surface area contributed by atoms with Gasteiger partial charge in [-0.1, -0.05) is 35.5 Å². The lowest BCUT2D eigenvalue weighted by Gasteiger charge is -2.31. The molecule has 1 aromatic carbocycles. The Morgan fingerprint density at radius 3 is 2.56 bits per heavy atom. The van der Waals surface area contributed by atoms with Gasteiger partial charge in [0.15, 0.2) is 0 Å². The molecule has 3 heterocycles. The number of rotatable bonds is 4. The second-order valence-electron chi connectivity index (χ2n) is 6.48. The summed E-state index contributed by atoms with van der Waals surface area (Å²) in [5.41, 5.74) is 1.70. The maximum absolute atomic E-state index is 12.7. The first kappa shape index (κ1) is 17.0. The third-order valence-corrected chi connectivity index (χ3v) is 4.76. The third kappa shape index (κ3) is 3.46. The lowest BCUT2D eigenvalue weighted by atomic mass is 10.0. The van der Waals surface area contributed by atoms with Crippen LogP contribution in [0.4, 0.5) is 0 Å². The summed E-state index contributed by atoms with van der Waals surface area (Å²) in [6, 6.07) is 11.3. The van der Waals surface area contributed by atoms with Crippen LogP contribution in [0.15, 0.2) is 53.3 Å². The SMILES string of the molecule is O=C(O)c1cnn(C2CCN(C(=O)c3cc(-c4ccccc4)no3)CC2)c1. The molecule has 4 rings (SSSR count). The summed E-state index contributed by atoms with van der Waals surface area (Å²) < 4.78 is 6.93. The number of aromatic carboxylic acids is 1. The van der Waals surface area contributed by atoms with Gasteiger partial charge in [-0.25, -0.2) is 4.79 Å². The molecule has 0 aliphatic carbocycles. The van der Waals surface area contributed by atoms with Crippen molar-refractivity contribution >= 4 is 11.9 Å². The van der Waals surface area contributed by atoms with E-state index < -0.39 is 5.97 Å². The van der Waals surface area contributed by atoms with Crippen LogP contribution in [0, 0.1) is 0 Å². The van der Waals surface area contributed by atoms with Gasteiger partial charge in [0, 0.05) is 30.9 Å². The number of likely N-dealkylation sites (tertiary alicyclic amines) is 1. The van der Waals surface area contributed by atoms with E-state index in [2.05, 4.69) is 10.3 Å². The van der Waals surface area contributed by atoms with Crippen LogP contribution in [-0.4, -0.2) is 49.9 Å². The average Bonchev–Trinajstić information content (AvgIpc) is 3.38. The fourth-order valence-electron chi connectivity index (χ4n) is 3.26. The zero-order chi connectivity index (χ0) is 18.8. The number of nitrogens with zero attached hydrogens (tertiary/aromatic N) is 4. The van der Waals surface area contributed by atoms with Crippen LogP contribution in [0.2, 0.25) is 0 Å². The number of benzene rings is 1. The zero-order valence-corrected chi connectivity index (χ0v) is 14.5. The van der Waals surface area contributed by atoms with Crippen molar-refractivity contribution in [1.29, 1.82) is 0 Å². The predicted molar refractivity (Wildman–Crippen MR) is 95.3 cm³/mol. The number of carboxylic acid groups (broad SMARTS) is 1. The van der Waals surface area contributed by atoms with Gasteiger partial charge >= 0.3 is 5.97 Å². The highest BCUT2D eigenvalue weighted by atomic mass is 16.5. The molecule has 1 N–H and O–H groups in total. The Bertz CT molecular complexity index is 955. The molecule has 0 spiro atoms. The molecule has 138 valence electrons. The molecule has 0 saturated carbocycles. The normalized spacial score (nSPS) is 15.0. The van der Waals surface area contributed by atoms with E-state index in [0.29, 0.717) is 31.6 Å². The fraction of sp³-hybridized carbons (Fsp3) is 0.263. The fourth-order valence-corrected chi connectivity index (χ4v) is 3.26. The van der Waals surface area contributed by atoms with Gasteiger partial charge in [-0.15, -0.1) is 0 Å². The molecule has 1 amide bonds. The van der Waals surface area contributed by atoms with Crippen molar-refractivity contribution in [3.8, 4) is 11.3 Å². The summed E-state index contributed by atoms with van der Waals surface area (Å²) in [4.78, 5) is 25.4. The van der Waals surface area contributed by atoms with Gasteiger partial charge in [0.1, 0.15) is 5.69 Å². The second-order valence-corrected chi connectivity index (χ2v) is 6.48. The van der Waals surface area contributed by atoms with Crippen molar-refractivity contribution in [2.24, 2.45) is 0 Å². The molecule has 1 aliphatic rings. The molecule has 3 aromatic rings. The highest BCUT2D eigenvalue weighted by Crippen LogP contribution is 2.25. The van der Waals surface area contributed by atoms with Crippen molar-refractivity contribution in [2.45, 2.75) is 18.9 Å². The maximum Gasteiger partial charge on any atom is 0.338 e. The molecule has 2 aromatic heterocycles. The van der Waals surface area contributed by atoms with Crippen molar-refractivity contribution in [2.75, 3.05) is 13.1 Å². The van der Waals surface area contributed by atoms with Gasteiger partial charge in [0.25, 0.3) is 5.91 Å². The number of hydrogen-bond donors (Lipinski definition) is 1. The van der Waals surface area contributed by atoms with E-state index >= 15 is 0 Å². The minimum Gasteiger partial charge on any atom is -0.478 e. The predicted octanol–water partition coefficient (Wildman–Crippen LogP) is 2.71. The van der Waals surface area contributed by atoms with E-state index in [1.165, 1.54) is 12.4 Å². The summed E-state index contributed by atoms with van der Waals surface area (Å²) in [6.45, 7) is 1.10. The van der Waals surface area contributed by atoms with Gasteiger partial charge in [-0.2, -0.15) is 5.10 Å². The average molecular weight is 366 g/mol. The molecule has 8 heteroatoms. The van der Waals surface area contributed by atoms with Crippen molar-refractivity contribution < 1.29 is 19.2 Å². The van der Waals surface area contributed by atoms with Crippen LogP contribution in [0.3, 0.4) is 0 Å². The topological polar surface area (TPSA) is 101 Å². The minimum absolute atomic E-state index is 0.0803. The number of carboxylic acids is 1. The first-order valence-electron chi connectivity index (χ1n) is 8.70. The van der Waals surface area contributed by atoms with E-state index in [0.717, 1.165) is 5.56 Å². The lowest BCUT2D eigenvalue weighted by molar-refractivity contribution is 0.0648. The van der Waals surface area contributed by atoms with Crippen LogP contribution < -0.4 is 0 Å². The zero-order valence-electron chi connectivity index (χ0n) is 14.5. The smallest absolute Gasteiger partial charge is 0.338 e. The van der Waals surface area contributed by atoms with Crippen molar-refractivity contribution in [3.05, 3.63) is 60.1 Å². The van der Waals surface area contributed by atoms with Gasteiger partial charge in [0.05, 0.1) is 17.8 Å². The molecule has 27 heavy (non-hydrogen) atoms. The van der Waals surface area contributed by atoms with Gasteiger partial charge in [-0.3, -0.25) is 9.48 Å². The molecular formula is C19H18N4O4. The Morgan fingerprint density at radius 2 is 1.89 bits per heavy atom. The van der Waals surface area contributed by atoms with E-state index in [1.54, 1.807) is 15.6 Å². The highest BCUT2D eigenvalue weighted by Gasteiger charge is 2.27. The molecule has 1 fully saturated rings. The van der Waals surface area contributed by atoms with E-state index in [-0.39, 0.29) is 23.3 Å². The first-order valence-corrected chi connectivity index (χ1v) is 8.70. The summed E-state index contributed by atoms with van der Waals surface area (Å²) >= 11 is 0. The van der Waals surface area contributed by atoms with E-state index in [4.69, 9.17) is 9.63 Å². The number of carbonyl (C=O) groups excluding carboxylic acids is 1. The molecule has 0 unspecified atom stereocenters. The van der Waals surface area contributed by atoms with Gasteiger partial charge < -0.3 is 14.5 Å². The van der Waals surface area contributed by atoms with Crippen LogP contribution in [0.1, 0.15) is 39.8 Å². The molecule has 1 aliphatic heterocycles. The van der Waals surface area contributed by atoms with Crippen molar-refractivity contribution in [3.63, 3.8) is 0 Å². The monoisotopic (exact) mass is 366 g/mol. The minimum atomic E-state index is -0.992. The largest absolute Gasteiger partial charge is 0.478 e. The molecule has 0 atom stereocenters. The van der Waals surface area contributed by atoms with E-state index in [1.807, 2.05) is 30.3 Å². The third-order valence-electron chi connectivity index (χ3n) is 4.76. The first-order chi connectivity index (χ1) is 13.1. The van der Waals surface area contributed by atoms with Crippen LogP contribution >= 0.6 is 0 Å². The standard InChI is InChI=1S/C19H18N4O4/c24-18(17-10-16(21-27-17)13-4-2-1-3-5-13)22-8-6-15(7-9-22)23-12-14(11-20-23)19(25)26/h1-5,10-12,15H,6-9H2,(H,25,26). The van der Waals surface area contributed by atoms with Crippen LogP contribution in [0.5, 0.6) is 0 Å². The molecule has 1 saturated heterocycles. The molecule has 8 nitrogen and oxygen atoms in total. The Kier molecular flexibility index (Phi) is 4.45. The summed E-state index contributed by atoms with van der Waals surface area (Å²) in [6.07, 6.45) is 4.28. The second kappa shape index (κ2) is 7.06. The quantitative estimate of drug-likeness (QED) is 0.762. The van der Waals surface area contributed by atoms with Gasteiger partial charge in [0.2, 0.25) is 5.76 Å². The number of carbonyl (C=O) groups is 2. The van der Waals surface area contributed by atoms with Gasteiger partial charge in [-0.05, 0) is 12.8 Å². The number of hydrogen-bond acceptors (Lipinski definition) is 5. The van der Waals surface area contributed by atoms with Crippen molar-refractivity contribution in [1.82, 2.24) is 19.8 Å². The Hall–Kier alpha value is -3.42. The Labute approximate surface area is 155 Å². The van der Waals surface area contributed by atoms with Crippen LogP contribution in [-0.2, 0) is 0 Å². The highest BCUT2D eigenvalue weighted by molar-refractivity contribution is 5.92. The molecule has 0 radical (unpaired) electrons. The van der Waals surface area contributed by atoms with E-state index in [9.17, 15) is 9.59 Å². The summed E-state index contributed by atoms with van der Waals surface area (Å²) in [5.74, 6) is -0.956. The number of piperidine rings is 1.